The zero-order valence-corrected chi connectivity index (χ0v) is 16.9. The highest BCUT2D eigenvalue weighted by Crippen LogP contribution is 2.41. The largest absolute Gasteiger partial charge is 0.393 e. The molecule has 30 heavy (non-hydrogen) atoms. The molecule has 154 valence electrons. The lowest BCUT2D eigenvalue weighted by molar-refractivity contribution is -0.132. The summed E-state index contributed by atoms with van der Waals surface area (Å²) >= 11 is 0. The van der Waals surface area contributed by atoms with Gasteiger partial charge in [0.05, 0.1) is 30.5 Å². The molecule has 0 aliphatic carbocycles. The Kier molecular flexibility index (Phi) is 5.09. The molecular formula is C24H26N4O2. The van der Waals surface area contributed by atoms with Gasteiger partial charge in [-0.05, 0) is 29.9 Å². The number of aliphatic hydroxyl groups excluding tert-OH is 1. The molecule has 5 rings (SSSR count). The van der Waals surface area contributed by atoms with Crippen LogP contribution in [-0.4, -0.2) is 50.1 Å². The number of hydrogen-bond donors (Lipinski definition) is 1. The summed E-state index contributed by atoms with van der Waals surface area (Å²) in [4.78, 5) is 14.6. The van der Waals surface area contributed by atoms with Crippen LogP contribution in [-0.2, 0) is 11.2 Å². The van der Waals surface area contributed by atoms with Crippen LogP contribution in [0.2, 0.25) is 0 Å². The first-order valence-electron chi connectivity index (χ1n) is 10.7. The number of fused-ring (bicyclic) bond motifs is 3. The van der Waals surface area contributed by atoms with E-state index >= 15 is 0 Å². The number of rotatable bonds is 5. The normalized spacial score (nSPS) is 19.4. The molecule has 1 N–H and O–H groups in total. The van der Waals surface area contributed by atoms with E-state index in [1.54, 1.807) is 6.20 Å². The number of piperidine rings is 1. The summed E-state index contributed by atoms with van der Waals surface area (Å²) in [6, 6.07) is 18.2. The van der Waals surface area contributed by atoms with Crippen molar-refractivity contribution in [3.05, 3.63) is 71.9 Å². The van der Waals surface area contributed by atoms with E-state index in [9.17, 15) is 9.90 Å². The number of carbonyl (C=O) groups excluding carboxylic acids is 1. The van der Waals surface area contributed by atoms with Gasteiger partial charge in [0.2, 0.25) is 5.91 Å². The first-order valence-corrected chi connectivity index (χ1v) is 10.7. The van der Waals surface area contributed by atoms with Crippen molar-refractivity contribution in [2.45, 2.75) is 37.8 Å². The second-order valence-corrected chi connectivity index (χ2v) is 8.35. The Bertz CT molecular complexity index is 1020. The zero-order chi connectivity index (χ0) is 20.5. The van der Waals surface area contributed by atoms with E-state index in [2.05, 4.69) is 22.4 Å². The molecule has 3 aromatic rings. The van der Waals surface area contributed by atoms with E-state index in [0.717, 1.165) is 29.7 Å². The highest BCUT2D eigenvalue weighted by molar-refractivity contribution is 5.78. The number of carbonyl (C=O) groups is 1. The molecule has 6 heteroatoms. The molecule has 2 aliphatic rings. The lowest BCUT2D eigenvalue weighted by Crippen LogP contribution is -2.42. The van der Waals surface area contributed by atoms with Crippen LogP contribution >= 0.6 is 0 Å². The van der Waals surface area contributed by atoms with Gasteiger partial charge in [0.25, 0.3) is 0 Å². The number of benzene rings is 2. The van der Waals surface area contributed by atoms with Crippen LogP contribution in [0.25, 0.3) is 11.3 Å². The van der Waals surface area contributed by atoms with Crippen LogP contribution in [0, 0.1) is 5.92 Å². The molecule has 2 aliphatic heterocycles. The average molecular weight is 402 g/mol. The molecule has 2 unspecified atom stereocenters. The monoisotopic (exact) mass is 402 g/mol. The number of aromatic nitrogens is 3. The lowest BCUT2D eigenvalue weighted by atomic mass is 9.86. The number of hydrogen-bond acceptors (Lipinski definition) is 4. The molecule has 6 nitrogen and oxygen atoms in total. The highest BCUT2D eigenvalue weighted by Gasteiger charge is 2.34. The average Bonchev–Trinajstić information content (AvgIpc) is 3.37. The molecule has 1 amide bonds. The van der Waals surface area contributed by atoms with E-state index in [1.807, 2.05) is 52.0 Å². The fourth-order valence-electron chi connectivity index (χ4n) is 4.88. The summed E-state index contributed by atoms with van der Waals surface area (Å²) in [6.07, 6.45) is 4.10. The Morgan fingerprint density at radius 2 is 1.80 bits per heavy atom. The van der Waals surface area contributed by atoms with Gasteiger partial charge in [-0.1, -0.05) is 59.8 Å². The molecule has 0 bridgehead atoms. The minimum atomic E-state index is -0.426. The second-order valence-electron chi connectivity index (χ2n) is 8.35. The summed E-state index contributed by atoms with van der Waals surface area (Å²) in [5, 5.41) is 19.4. The van der Waals surface area contributed by atoms with Gasteiger partial charge in [-0.15, -0.1) is 5.10 Å². The SMILES string of the molecule is O=C(Cc1ccccc1)N1CCC(C(O)CC2c3ccccc3-c3cnnn32)CC1. The van der Waals surface area contributed by atoms with Gasteiger partial charge in [0.1, 0.15) is 0 Å². The van der Waals surface area contributed by atoms with Gasteiger partial charge in [0, 0.05) is 25.1 Å². The van der Waals surface area contributed by atoms with E-state index in [0.29, 0.717) is 25.9 Å². The molecular weight excluding hydrogens is 376 g/mol. The predicted octanol–water partition coefficient (Wildman–Crippen LogP) is 3.08. The maximum Gasteiger partial charge on any atom is 0.226 e. The van der Waals surface area contributed by atoms with Crippen LogP contribution in [0.1, 0.15) is 36.4 Å². The smallest absolute Gasteiger partial charge is 0.226 e. The topological polar surface area (TPSA) is 71.2 Å². The molecule has 3 heterocycles. The van der Waals surface area contributed by atoms with Crippen LogP contribution in [0.5, 0.6) is 0 Å². The van der Waals surface area contributed by atoms with Gasteiger partial charge in [-0.25, -0.2) is 4.68 Å². The van der Waals surface area contributed by atoms with Crippen molar-refractivity contribution >= 4 is 5.91 Å². The number of nitrogens with zero attached hydrogens (tertiary/aromatic N) is 4. The van der Waals surface area contributed by atoms with E-state index in [-0.39, 0.29) is 17.9 Å². The van der Waals surface area contributed by atoms with Gasteiger partial charge >= 0.3 is 0 Å². The Morgan fingerprint density at radius 3 is 2.60 bits per heavy atom. The third kappa shape index (κ3) is 3.52. The zero-order valence-electron chi connectivity index (χ0n) is 16.9. The van der Waals surface area contributed by atoms with Crippen molar-refractivity contribution in [2.24, 2.45) is 5.92 Å². The Balaban J connectivity index is 1.20. The number of aliphatic hydroxyl groups is 1. The molecule has 1 saturated heterocycles. The van der Waals surface area contributed by atoms with Gasteiger partial charge < -0.3 is 10.0 Å². The summed E-state index contributed by atoms with van der Waals surface area (Å²) < 4.78 is 1.94. The van der Waals surface area contributed by atoms with Crippen molar-refractivity contribution < 1.29 is 9.90 Å². The molecule has 2 aromatic carbocycles. The van der Waals surface area contributed by atoms with E-state index < -0.39 is 6.10 Å². The van der Waals surface area contributed by atoms with Gasteiger partial charge in [-0.3, -0.25) is 4.79 Å². The Hall–Kier alpha value is -2.99. The molecule has 0 radical (unpaired) electrons. The molecule has 1 fully saturated rings. The van der Waals surface area contributed by atoms with Crippen LogP contribution in [0.4, 0.5) is 0 Å². The first-order chi connectivity index (χ1) is 14.7. The van der Waals surface area contributed by atoms with Gasteiger partial charge in [0.15, 0.2) is 0 Å². The van der Waals surface area contributed by atoms with Crippen molar-refractivity contribution in [2.75, 3.05) is 13.1 Å². The van der Waals surface area contributed by atoms with Crippen LogP contribution in [0.15, 0.2) is 60.8 Å². The predicted molar refractivity (Wildman–Crippen MR) is 114 cm³/mol. The van der Waals surface area contributed by atoms with E-state index in [1.165, 1.54) is 5.56 Å². The number of amides is 1. The standard InChI is InChI=1S/C24H26N4O2/c29-23(15-21-19-8-4-5-9-20(19)22-16-25-26-28(21)22)18-10-12-27(13-11-18)24(30)14-17-6-2-1-3-7-17/h1-9,16,18,21,23,29H,10-15H2. The molecule has 1 aromatic heterocycles. The van der Waals surface area contributed by atoms with E-state index in [4.69, 9.17) is 0 Å². The maximum atomic E-state index is 12.6. The second kappa shape index (κ2) is 8.03. The lowest BCUT2D eigenvalue weighted by Gasteiger charge is -2.35. The minimum absolute atomic E-state index is 0.0199. The summed E-state index contributed by atoms with van der Waals surface area (Å²) in [5.74, 6) is 0.372. The summed E-state index contributed by atoms with van der Waals surface area (Å²) in [6.45, 7) is 1.42. The molecule has 2 atom stereocenters. The third-order valence-electron chi connectivity index (χ3n) is 6.57. The fraction of sp³-hybridized carbons (Fsp3) is 0.375. The third-order valence-corrected chi connectivity index (χ3v) is 6.57. The molecule has 0 saturated carbocycles. The first kappa shape index (κ1) is 19.0. The Morgan fingerprint density at radius 1 is 1.07 bits per heavy atom. The highest BCUT2D eigenvalue weighted by atomic mass is 16.3. The summed E-state index contributed by atoms with van der Waals surface area (Å²) in [7, 11) is 0. The molecule has 0 spiro atoms. The summed E-state index contributed by atoms with van der Waals surface area (Å²) in [5.41, 5.74) is 4.43. The maximum absolute atomic E-state index is 12.6. The fourth-order valence-corrected chi connectivity index (χ4v) is 4.88. The van der Waals surface area contributed by atoms with Crippen molar-refractivity contribution in [3.63, 3.8) is 0 Å². The van der Waals surface area contributed by atoms with Crippen molar-refractivity contribution in [1.29, 1.82) is 0 Å². The number of likely N-dealkylation sites (tertiary alicyclic amines) is 1. The minimum Gasteiger partial charge on any atom is -0.393 e. The Labute approximate surface area is 176 Å². The quantitative estimate of drug-likeness (QED) is 0.712. The van der Waals surface area contributed by atoms with Crippen LogP contribution < -0.4 is 0 Å². The van der Waals surface area contributed by atoms with Crippen LogP contribution in [0.3, 0.4) is 0 Å². The van der Waals surface area contributed by atoms with Gasteiger partial charge in [-0.2, -0.15) is 0 Å². The van der Waals surface area contributed by atoms with Crippen molar-refractivity contribution in [3.8, 4) is 11.3 Å². The van der Waals surface area contributed by atoms with Crippen molar-refractivity contribution in [1.82, 2.24) is 19.9 Å².